The van der Waals surface area contributed by atoms with Crippen LogP contribution in [0.5, 0.6) is 6.01 Å². The van der Waals surface area contributed by atoms with Crippen molar-refractivity contribution in [2.24, 2.45) is 5.92 Å². The van der Waals surface area contributed by atoms with E-state index in [4.69, 9.17) is 4.74 Å². The molecule has 1 aliphatic rings. The van der Waals surface area contributed by atoms with E-state index in [0.717, 1.165) is 18.9 Å². The first-order valence-electron chi connectivity index (χ1n) is 8.10. The SMILES string of the molecule is CCCOc1nc(NCC)nc(NC2CCCC(C)C2)n1. The van der Waals surface area contributed by atoms with Crippen molar-refractivity contribution in [3.05, 3.63) is 0 Å². The summed E-state index contributed by atoms with van der Waals surface area (Å²) in [6, 6.07) is 0.846. The first-order chi connectivity index (χ1) is 10.2. The van der Waals surface area contributed by atoms with Gasteiger partial charge < -0.3 is 15.4 Å². The van der Waals surface area contributed by atoms with Gasteiger partial charge in [-0.2, -0.15) is 15.0 Å². The van der Waals surface area contributed by atoms with E-state index in [0.29, 0.717) is 30.6 Å². The van der Waals surface area contributed by atoms with Gasteiger partial charge in [-0.05, 0) is 32.1 Å². The zero-order chi connectivity index (χ0) is 15.1. The predicted molar refractivity (Wildman–Crippen MR) is 84.8 cm³/mol. The van der Waals surface area contributed by atoms with Crippen molar-refractivity contribution < 1.29 is 4.74 Å². The number of nitrogens with one attached hydrogen (secondary N) is 2. The molecule has 2 atom stereocenters. The fraction of sp³-hybridized carbons (Fsp3) is 0.800. The highest BCUT2D eigenvalue weighted by atomic mass is 16.5. The van der Waals surface area contributed by atoms with E-state index in [-0.39, 0.29) is 0 Å². The van der Waals surface area contributed by atoms with Crippen molar-refractivity contribution in [1.82, 2.24) is 15.0 Å². The van der Waals surface area contributed by atoms with Gasteiger partial charge in [0, 0.05) is 12.6 Å². The molecule has 1 aliphatic carbocycles. The van der Waals surface area contributed by atoms with Gasteiger partial charge in [0.05, 0.1) is 6.61 Å². The zero-order valence-electron chi connectivity index (χ0n) is 13.4. The third-order valence-corrected chi connectivity index (χ3v) is 3.65. The summed E-state index contributed by atoms with van der Waals surface area (Å²) in [7, 11) is 0. The van der Waals surface area contributed by atoms with Crippen LogP contribution in [0, 0.1) is 5.92 Å². The van der Waals surface area contributed by atoms with Gasteiger partial charge in [0.15, 0.2) is 0 Å². The van der Waals surface area contributed by atoms with Gasteiger partial charge in [-0.15, -0.1) is 0 Å². The van der Waals surface area contributed by atoms with E-state index in [1.54, 1.807) is 0 Å². The lowest BCUT2D eigenvalue weighted by atomic mass is 9.87. The molecule has 0 spiro atoms. The van der Waals surface area contributed by atoms with Gasteiger partial charge in [-0.3, -0.25) is 0 Å². The zero-order valence-corrected chi connectivity index (χ0v) is 13.4. The minimum Gasteiger partial charge on any atom is -0.463 e. The molecule has 118 valence electrons. The van der Waals surface area contributed by atoms with Crippen LogP contribution in [-0.4, -0.2) is 34.1 Å². The van der Waals surface area contributed by atoms with Crippen LogP contribution in [0.1, 0.15) is 52.9 Å². The van der Waals surface area contributed by atoms with Gasteiger partial charge in [0.2, 0.25) is 11.9 Å². The molecule has 0 saturated heterocycles. The fourth-order valence-electron chi connectivity index (χ4n) is 2.66. The Bertz CT molecular complexity index is 440. The third-order valence-electron chi connectivity index (χ3n) is 3.65. The minimum absolute atomic E-state index is 0.397. The van der Waals surface area contributed by atoms with Gasteiger partial charge in [-0.1, -0.05) is 26.7 Å². The molecular weight excluding hydrogens is 266 g/mol. The van der Waals surface area contributed by atoms with Crippen LogP contribution in [0.25, 0.3) is 0 Å². The largest absolute Gasteiger partial charge is 0.463 e. The lowest BCUT2D eigenvalue weighted by Gasteiger charge is -2.27. The molecule has 0 aromatic carbocycles. The summed E-state index contributed by atoms with van der Waals surface area (Å²) in [5.41, 5.74) is 0. The van der Waals surface area contributed by atoms with Crippen molar-refractivity contribution in [2.45, 2.75) is 58.9 Å². The number of hydrogen-bond donors (Lipinski definition) is 2. The number of nitrogens with zero attached hydrogens (tertiary/aromatic N) is 3. The van der Waals surface area contributed by atoms with Crippen LogP contribution in [0.2, 0.25) is 0 Å². The molecule has 0 aliphatic heterocycles. The molecule has 2 N–H and O–H groups in total. The highest BCUT2D eigenvalue weighted by molar-refractivity contribution is 5.36. The van der Waals surface area contributed by atoms with Crippen LogP contribution in [-0.2, 0) is 0 Å². The third kappa shape index (κ3) is 5.02. The maximum atomic E-state index is 5.55. The Balaban J connectivity index is 2.06. The van der Waals surface area contributed by atoms with Crippen LogP contribution >= 0.6 is 0 Å². The molecule has 0 radical (unpaired) electrons. The van der Waals surface area contributed by atoms with E-state index in [1.165, 1.54) is 25.7 Å². The Morgan fingerprint density at radius 3 is 2.67 bits per heavy atom. The molecule has 1 fully saturated rings. The highest BCUT2D eigenvalue weighted by Gasteiger charge is 2.20. The lowest BCUT2D eigenvalue weighted by Crippen LogP contribution is -2.27. The number of hydrogen-bond acceptors (Lipinski definition) is 6. The summed E-state index contributed by atoms with van der Waals surface area (Å²) >= 11 is 0. The van der Waals surface area contributed by atoms with Crippen molar-refractivity contribution in [1.29, 1.82) is 0 Å². The maximum absolute atomic E-state index is 5.55. The van der Waals surface area contributed by atoms with Gasteiger partial charge in [-0.25, -0.2) is 0 Å². The van der Waals surface area contributed by atoms with E-state index >= 15 is 0 Å². The molecule has 2 unspecified atom stereocenters. The first kappa shape index (κ1) is 15.8. The Morgan fingerprint density at radius 2 is 1.95 bits per heavy atom. The average Bonchev–Trinajstić information content (AvgIpc) is 2.45. The quantitative estimate of drug-likeness (QED) is 0.805. The molecular formula is C15H27N5O. The van der Waals surface area contributed by atoms with E-state index in [1.807, 2.05) is 6.92 Å². The minimum atomic E-state index is 0.397. The second-order valence-corrected chi connectivity index (χ2v) is 5.76. The fourth-order valence-corrected chi connectivity index (χ4v) is 2.66. The van der Waals surface area contributed by atoms with Gasteiger partial charge in [0.1, 0.15) is 0 Å². The van der Waals surface area contributed by atoms with Crippen molar-refractivity contribution >= 4 is 11.9 Å². The topological polar surface area (TPSA) is 72.0 Å². The molecule has 0 amide bonds. The standard InChI is InChI=1S/C15H27N5O/c1-4-9-21-15-19-13(16-5-2)18-14(20-15)17-12-8-6-7-11(3)10-12/h11-12H,4-10H2,1-3H3,(H2,16,17,18,19,20). The molecule has 6 nitrogen and oxygen atoms in total. The molecule has 1 heterocycles. The summed E-state index contributed by atoms with van der Waals surface area (Å²) in [4.78, 5) is 13.1. The Hall–Kier alpha value is -1.59. The Kier molecular flexibility index (Phi) is 6.02. The molecule has 1 aromatic rings. The van der Waals surface area contributed by atoms with Gasteiger partial charge >= 0.3 is 6.01 Å². The predicted octanol–water partition coefficient (Wildman–Crippen LogP) is 3.08. The maximum Gasteiger partial charge on any atom is 0.323 e. The summed E-state index contributed by atoms with van der Waals surface area (Å²) < 4.78 is 5.55. The number of rotatable bonds is 7. The molecule has 6 heteroatoms. The Morgan fingerprint density at radius 1 is 1.14 bits per heavy atom. The van der Waals surface area contributed by atoms with E-state index in [2.05, 4.69) is 39.4 Å². The Labute approximate surface area is 127 Å². The average molecular weight is 293 g/mol. The van der Waals surface area contributed by atoms with E-state index < -0.39 is 0 Å². The smallest absolute Gasteiger partial charge is 0.323 e. The molecule has 1 aromatic heterocycles. The lowest BCUT2D eigenvalue weighted by molar-refractivity contribution is 0.292. The van der Waals surface area contributed by atoms with Crippen LogP contribution in [0.15, 0.2) is 0 Å². The molecule has 1 saturated carbocycles. The van der Waals surface area contributed by atoms with Crippen molar-refractivity contribution in [3.8, 4) is 6.01 Å². The van der Waals surface area contributed by atoms with Crippen molar-refractivity contribution in [3.63, 3.8) is 0 Å². The monoisotopic (exact) mass is 293 g/mol. The van der Waals surface area contributed by atoms with Crippen LogP contribution in [0.4, 0.5) is 11.9 Å². The second kappa shape index (κ2) is 8.00. The van der Waals surface area contributed by atoms with Crippen LogP contribution in [0.3, 0.4) is 0 Å². The summed E-state index contributed by atoms with van der Waals surface area (Å²) in [5.74, 6) is 1.96. The highest BCUT2D eigenvalue weighted by Crippen LogP contribution is 2.25. The normalized spacial score (nSPS) is 21.9. The second-order valence-electron chi connectivity index (χ2n) is 5.76. The molecule has 0 bridgehead atoms. The molecule has 2 rings (SSSR count). The first-order valence-corrected chi connectivity index (χ1v) is 8.10. The van der Waals surface area contributed by atoms with Gasteiger partial charge in [0.25, 0.3) is 0 Å². The number of anilines is 2. The summed E-state index contributed by atoms with van der Waals surface area (Å²) in [6.07, 6.45) is 5.88. The van der Waals surface area contributed by atoms with Crippen LogP contribution < -0.4 is 15.4 Å². The van der Waals surface area contributed by atoms with Crippen molar-refractivity contribution in [2.75, 3.05) is 23.8 Å². The molecule has 21 heavy (non-hydrogen) atoms. The summed E-state index contributed by atoms with van der Waals surface area (Å²) in [6.45, 7) is 7.79. The van der Waals surface area contributed by atoms with E-state index in [9.17, 15) is 0 Å². The number of aromatic nitrogens is 3. The summed E-state index contributed by atoms with van der Waals surface area (Å²) in [5, 5.41) is 6.57. The number of ether oxygens (including phenoxy) is 1.